The number of halogens is 1. The molecule has 28 heavy (non-hydrogen) atoms. The largest absolute Gasteiger partial charge is 0.492 e. The molecule has 0 saturated carbocycles. The Hall–Kier alpha value is -2.86. The molecule has 2 aromatic rings. The van der Waals surface area contributed by atoms with Crippen molar-refractivity contribution in [3.8, 4) is 5.75 Å². The van der Waals surface area contributed by atoms with E-state index in [0.29, 0.717) is 28.4 Å². The maximum absolute atomic E-state index is 12.5. The van der Waals surface area contributed by atoms with Crippen LogP contribution in [0.3, 0.4) is 0 Å². The van der Waals surface area contributed by atoms with Crippen molar-refractivity contribution in [3.05, 3.63) is 58.6 Å². The Morgan fingerprint density at radius 2 is 1.89 bits per heavy atom. The third-order valence-electron chi connectivity index (χ3n) is 4.41. The summed E-state index contributed by atoms with van der Waals surface area (Å²) in [7, 11) is 0. The van der Waals surface area contributed by atoms with Crippen molar-refractivity contribution in [1.82, 2.24) is 0 Å². The molecule has 0 saturated heterocycles. The van der Waals surface area contributed by atoms with Crippen LogP contribution in [0.1, 0.15) is 29.8 Å². The lowest BCUT2D eigenvalue weighted by atomic mass is 9.97. The van der Waals surface area contributed by atoms with Crippen molar-refractivity contribution in [3.63, 3.8) is 0 Å². The number of esters is 1. The smallest absolute Gasteiger partial charge is 0.313 e. The van der Waals surface area contributed by atoms with E-state index in [2.05, 4.69) is 5.32 Å². The molecule has 6 nitrogen and oxygen atoms in total. The molecule has 0 radical (unpaired) electrons. The van der Waals surface area contributed by atoms with E-state index in [-0.39, 0.29) is 18.3 Å². The Bertz CT molecular complexity index is 910. The Kier molecular flexibility index (Phi) is 5.99. The minimum atomic E-state index is -0.931. The first-order valence-corrected chi connectivity index (χ1v) is 9.25. The number of ketones is 1. The lowest BCUT2D eigenvalue weighted by Gasteiger charge is -2.25. The zero-order valence-corrected chi connectivity index (χ0v) is 16.3. The fraction of sp³-hybridized carbons (Fsp3) is 0.286. The number of carbonyl (C=O) groups is 3. The number of anilines is 1. The van der Waals surface area contributed by atoms with Gasteiger partial charge in [0.15, 0.2) is 6.10 Å². The van der Waals surface area contributed by atoms with E-state index in [1.165, 1.54) is 13.8 Å². The van der Waals surface area contributed by atoms with Crippen LogP contribution < -0.4 is 10.1 Å². The lowest BCUT2D eigenvalue weighted by Crippen LogP contribution is -2.34. The summed E-state index contributed by atoms with van der Waals surface area (Å²) >= 11 is 6.00. The van der Waals surface area contributed by atoms with Crippen molar-refractivity contribution in [2.45, 2.75) is 26.4 Å². The van der Waals surface area contributed by atoms with Crippen molar-refractivity contribution in [2.24, 2.45) is 5.92 Å². The van der Waals surface area contributed by atoms with Crippen LogP contribution in [0.5, 0.6) is 5.75 Å². The van der Waals surface area contributed by atoms with Crippen LogP contribution in [0.2, 0.25) is 5.02 Å². The van der Waals surface area contributed by atoms with Crippen molar-refractivity contribution < 1.29 is 23.9 Å². The molecule has 1 aliphatic heterocycles. The van der Waals surface area contributed by atoms with Gasteiger partial charge in [-0.3, -0.25) is 14.4 Å². The maximum atomic E-state index is 12.5. The van der Waals surface area contributed by atoms with Crippen LogP contribution >= 0.6 is 11.6 Å². The van der Waals surface area contributed by atoms with Crippen molar-refractivity contribution in [1.29, 1.82) is 0 Å². The van der Waals surface area contributed by atoms with Crippen molar-refractivity contribution in [2.75, 3.05) is 11.9 Å². The summed E-state index contributed by atoms with van der Waals surface area (Å²) in [6.07, 6.45) is -0.485. The van der Waals surface area contributed by atoms with E-state index in [4.69, 9.17) is 21.1 Å². The minimum absolute atomic E-state index is 0.194. The second-order valence-electron chi connectivity index (χ2n) is 6.67. The van der Waals surface area contributed by atoms with Crippen molar-refractivity contribution >= 4 is 34.9 Å². The van der Waals surface area contributed by atoms with Gasteiger partial charge in [-0.25, -0.2) is 0 Å². The molecular weight excluding hydrogens is 382 g/mol. The standard InChI is InChI=1S/C21H20ClNO5/c1-12(20(25)14-3-6-18(7-4-14)23-13(2)24)28-21(26)16-9-15-10-17(22)5-8-19(15)27-11-16/h3-8,10,12,16H,9,11H2,1-2H3,(H,23,24)/t12-,16-/m1/s1. The van der Waals surface area contributed by atoms with Gasteiger partial charge in [0.25, 0.3) is 0 Å². The Labute approximate surface area is 167 Å². The molecule has 1 amide bonds. The molecule has 0 aliphatic carbocycles. The van der Waals surface area contributed by atoms with E-state index in [0.717, 1.165) is 5.56 Å². The number of fused-ring (bicyclic) bond motifs is 1. The molecule has 1 heterocycles. The van der Waals surface area contributed by atoms with E-state index in [1.807, 2.05) is 0 Å². The highest BCUT2D eigenvalue weighted by Gasteiger charge is 2.30. The number of benzene rings is 2. The molecule has 3 rings (SSSR count). The summed E-state index contributed by atoms with van der Waals surface area (Å²) < 4.78 is 11.0. The minimum Gasteiger partial charge on any atom is -0.492 e. The normalized spacial score (nSPS) is 16.3. The average Bonchev–Trinajstić information content (AvgIpc) is 2.66. The summed E-state index contributed by atoms with van der Waals surface area (Å²) in [5.41, 5.74) is 1.82. The zero-order chi connectivity index (χ0) is 20.3. The van der Waals surface area contributed by atoms with E-state index >= 15 is 0 Å². The van der Waals surface area contributed by atoms with E-state index < -0.39 is 18.0 Å². The van der Waals surface area contributed by atoms with Crippen LogP contribution in [0, 0.1) is 5.92 Å². The number of Topliss-reactive ketones (excluding diaryl/α,β-unsaturated/α-hetero) is 1. The zero-order valence-electron chi connectivity index (χ0n) is 15.5. The van der Waals surface area contributed by atoms with Gasteiger partial charge in [-0.05, 0) is 61.4 Å². The quantitative estimate of drug-likeness (QED) is 0.610. The van der Waals surface area contributed by atoms with E-state index in [1.54, 1.807) is 42.5 Å². The number of carbonyl (C=O) groups excluding carboxylic acids is 3. The maximum Gasteiger partial charge on any atom is 0.313 e. The number of hydrogen-bond acceptors (Lipinski definition) is 5. The predicted molar refractivity (Wildman–Crippen MR) is 105 cm³/mol. The topological polar surface area (TPSA) is 81.7 Å². The molecular formula is C21H20ClNO5. The van der Waals surface area contributed by atoms with Crippen LogP contribution in [-0.2, 0) is 20.7 Å². The second kappa shape index (κ2) is 8.44. The number of nitrogens with one attached hydrogen (secondary N) is 1. The number of ether oxygens (including phenoxy) is 2. The fourth-order valence-corrected chi connectivity index (χ4v) is 3.19. The van der Waals surface area contributed by atoms with Crippen LogP contribution in [0.15, 0.2) is 42.5 Å². The second-order valence-corrected chi connectivity index (χ2v) is 7.10. The highest BCUT2D eigenvalue weighted by Crippen LogP contribution is 2.30. The summed E-state index contributed by atoms with van der Waals surface area (Å²) in [5.74, 6) is -0.789. The Balaban J connectivity index is 1.61. The number of amides is 1. The van der Waals surface area contributed by atoms with Gasteiger partial charge in [0.1, 0.15) is 12.4 Å². The highest BCUT2D eigenvalue weighted by atomic mass is 35.5. The van der Waals surface area contributed by atoms with Gasteiger partial charge in [-0.2, -0.15) is 0 Å². The van der Waals surface area contributed by atoms with Gasteiger partial charge in [-0.15, -0.1) is 0 Å². The van der Waals surface area contributed by atoms with Gasteiger partial charge >= 0.3 is 5.97 Å². The summed E-state index contributed by atoms with van der Waals surface area (Å²) in [4.78, 5) is 36.1. The van der Waals surface area contributed by atoms with Gasteiger partial charge in [-0.1, -0.05) is 11.6 Å². The van der Waals surface area contributed by atoms with E-state index in [9.17, 15) is 14.4 Å². The molecule has 0 fully saturated rings. The molecule has 1 N–H and O–H groups in total. The third-order valence-corrected chi connectivity index (χ3v) is 4.65. The first-order valence-electron chi connectivity index (χ1n) is 8.87. The predicted octanol–water partition coefficient (Wildman–Crippen LogP) is 3.66. The van der Waals surface area contributed by atoms with Gasteiger partial charge in [0.2, 0.25) is 11.7 Å². The lowest BCUT2D eigenvalue weighted by molar-refractivity contribution is -0.152. The Morgan fingerprint density at radius 3 is 2.57 bits per heavy atom. The first kappa shape index (κ1) is 19.9. The number of rotatable bonds is 5. The molecule has 0 bridgehead atoms. The summed E-state index contributed by atoms with van der Waals surface area (Å²) in [5, 5.41) is 3.20. The molecule has 7 heteroatoms. The van der Waals surface area contributed by atoms with Gasteiger partial charge in [0.05, 0.1) is 5.92 Å². The highest BCUT2D eigenvalue weighted by molar-refractivity contribution is 6.30. The van der Waals surface area contributed by atoms with Crippen LogP contribution in [-0.4, -0.2) is 30.4 Å². The monoisotopic (exact) mass is 401 g/mol. The van der Waals surface area contributed by atoms with Crippen LogP contribution in [0.4, 0.5) is 5.69 Å². The average molecular weight is 402 g/mol. The molecule has 0 aromatic heterocycles. The van der Waals surface area contributed by atoms with Gasteiger partial charge in [0, 0.05) is 23.2 Å². The Morgan fingerprint density at radius 1 is 1.18 bits per heavy atom. The fourth-order valence-electron chi connectivity index (χ4n) is 2.99. The molecule has 2 aromatic carbocycles. The molecule has 146 valence electrons. The summed E-state index contributed by atoms with van der Waals surface area (Å²) in [6, 6.07) is 11.7. The first-order chi connectivity index (χ1) is 13.3. The summed E-state index contributed by atoms with van der Waals surface area (Å²) in [6.45, 7) is 3.14. The molecule has 0 unspecified atom stereocenters. The molecule has 2 atom stereocenters. The van der Waals surface area contributed by atoms with Gasteiger partial charge < -0.3 is 14.8 Å². The van der Waals surface area contributed by atoms with Crippen LogP contribution in [0.25, 0.3) is 0 Å². The number of hydrogen-bond donors (Lipinski definition) is 1. The third kappa shape index (κ3) is 4.70. The molecule has 0 spiro atoms. The SMILES string of the molecule is CC(=O)Nc1ccc(C(=O)[C@@H](C)OC(=O)[C@H]2COc3ccc(Cl)cc3C2)cc1. The molecule has 1 aliphatic rings.